The molecule has 3 heterocycles. The number of aromatic amines is 1. The van der Waals surface area contributed by atoms with E-state index >= 15 is 0 Å². The highest BCUT2D eigenvalue weighted by Gasteiger charge is 2.30. The van der Waals surface area contributed by atoms with Crippen LogP contribution in [0.2, 0.25) is 0 Å². The number of hydrogen-bond acceptors (Lipinski definition) is 5. The van der Waals surface area contributed by atoms with Gasteiger partial charge in [-0.15, -0.1) is 0 Å². The molecule has 24 heavy (non-hydrogen) atoms. The fraction of sp³-hybridized carbons (Fsp3) is 0.588. The first-order chi connectivity index (χ1) is 11.6. The third-order valence-corrected chi connectivity index (χ3v) is 5.06. The zero-order chi connectivity index (χ0) is 16.7. The summed E-state index contributed by atoms with van der Waals surface area (Å²) < 4.78 is 10.9. The van der Waals surface area contributed by atoms with Crippen molar-refractivity contribution in [3.8, 4) is 0 Å². The van der Waals surface area contributed by atoms with Gasteiger partial charge in [-0.25, -0.2) is 0 Å². The van der Waals surface area contributed by atoms with Gasteiger partial charge in [-0.1, -0.05) is 11.6 Å². The molecule has 128 valence electrons. The van der Waals surface area contributed by atoms with E-state index in [1.54, 1.807) is 6.26 Å². The van der Waals surface area contributed by atoms with Crippen LogP contribution in [0.25, 0.3) is 0 Å². The van der Waals surface area contributed by atoms with Crippen LogP contribution in [0, 0.1) is 0 Å². The molecule has 0 saturated heterocycles. The van der Waals surface area contributed by atoms with Crippen LogP contribution in [0.3, 0.4) is 0 Å². The topological polar surface area (TPSA) is 93.0 Å². The van der Waals surface area contributed by atoms with E-state index in [1.165, 1.54) is 6.42 Å². The second-order valence-electron chi connectivity index (χ2n) is 6.79. The molecular formula is C17H22N4O3. The molecule has 1 aliphatic carbocycles. The SMILES string of the molecule is C[C@@H]1Cc2c(C(=O)NCc3conc3C3CCC3)n[nH]c2[C@H](C)O1. The van der Waals surface area contributed by atoms with Crippen molar-refractivity contribution in [3.05, 3.63) is 34.5 Å². The number of nitrogens with zero attached hydrogens (tertiary/aromatic N) is 2. The summed E-state index contributed by atoms with van der Waals surface area (Å²) in [5.41, 5.74) is 4.28. The molecule has 0 spiro atoms. The van der Waals surface area contributed by atoms with Crippen LogP contribution in [0.15, 0.2) is 10.8 Å². The van der Waals surface area contributed by atoms with E-state index < -0.39 is 0 Å². The van der Waals surface area contributed by atoms with Gasteiger partial charge in [-0.3, -0.25) is 9.89 Å². The molecule has 0 aromatic carbocycles. The maximum absolute atomic E-state index is 12.6. The van der Waals surface area contributed by atoms with Crippen LogP contribution in [0.5, 0.6) is 0 Å². The zero-order valence-electron chi connectivity index (χ0n) is 14.0. The number of rotatable bonds is 4. The normalized spacial score (nSPS) is 23.6. The number of ether oxygens (including phenoxy) is 1. The maximum atomic E-state index is 12.6. The standard InChI is InChI=1S/C17H22N4O3/c1-9-6-13-14(10(2)24-9)19-20-16(13)17(22)18-7-12-8-23-21-15(12)11-4-3-5-11/h8-11H,3-7H2,1-2H3,(H,18,22)(H,19,20)/t9-,10+/m1/s1. The van der Waals surface area contributed by atoms with E-state index in [0.717, 1.165) is 35.4 Å². The van der Waals surface area contributed by atoms with E-state index in [0.29, 0.717) is 24.6 Å². The molecule has 2 atom stereocenters. The lowest BCUT2D eigenvalue weighted by molar-refractivity contribution is -0.00697. The average Bonchev–Trinajstić information content (AvgIpc) is 3.10. The number of amides is 1. The summed E-state index contributed by atoms with van der Waals surface area (Å²) >= 11 is 0. The molecule has 4 rings (SSSR count). The van der Waals surface area contributed by atoms with Crippen LogP contribution < -0.4 is 5.32 Å². The van der Waals surface area contributed by atoms with Gasteiger partial charge in [-0.05, 0) is 26.7 Å². The number of carbonyl (C=O) groups is 1. The van der Waals surface area contributed by atoms with Crippen molar-refractivity contribution in [1.29, 1.82) is 0 Å². The number of H-pyrrole nitrogens is 1. The molecule has 1 aliphatic heterocycles. The van der Waals surface area contributed by atoms with E-state index in [4.69, 9.17) is 9.26 Å². The molecule has 0 radical (unpaired) electrons. The van der Waals surface area contributed by atoms with Gasteiger partial charge < -0.3 is 14.6 Å². The van der Waals surface area contributed by atoms with E-state index in [2.05, 4.69) is 20.7 Å². The maximum Gasteiger partial charge on any atom is 0.272 e. The first-order valence-electron chi connectivity index (χ1n) is 8.57. The van der Waals surface area contributed by atoms with E-state index in [1.807, 2.05) is 13.8 Å². The second kappa shape index (κ2) is 6.05. The Kier molecular flexibility index (Phi) is 3.88. The van der Waals surface area contributed by atoms with Crippen molar-refractivity contribution < 1.29 is 14.1 Å². The van der Waals surface area contributed by atoms with Gasteiger partial charge >= 0.3 is 0 Å². The molecule has 2 aliphatic rings. The Hall–Kier alpha value is -2.15. The van der Waals surface area contributed by atoms with Gasteiger partial charge in [0.15, 0.2) is 5.69 Å². The highest BCUT2D eigenvalue weighted by molar-refractivity contribution is 5.94. The fourth-order valence-electron chi connectivity index (χ4n) is 3.54. The molecule has 1 amide bonds. The molecule has 1 saturated carbocycles. The lowest BCUT2D eigenvalue weighted by Gasteiger charge is -2.25. The Bertz CT molecular complexity index is 747. The third-order valence-electron chi connectivity index (χ3n) is 5.06. The molecule has 0 unspecified atom stereocenters. The summed E-state index contributed by atoms with van der Waals surface area (Å²) in [5, 5.41) is 14.2. The Balaban J connectivity index is 1.47. The average molecular weight is 330 g/mol. The van der Waals surface area contributed by atoms with Gasteiger partial charge in [0.1, 0.15) is 6.26 Å². The Morgan fingerprint density at radius 1 is 1.42 bits per heavy atom. The van der Waals surface area contributed by atoms with Gasteiger partial charge in [0.25, 0.3) is 5.91 Å². The van der Waals surface area contributed by atoms with Gasteiger partial charge in [-0.2, -0.15) is 5.10 Å². The van der Waals surface area contributed by atoms with E-state index in [9.17, 15) is 4.79 Å². The quantitative estimate of drug-likeness (QED) is 0.899. The van der Waals surface area contributed by atoms with Gasteiger partial charge in [0.05, 0.1) is 23.6 Å². The van der Waals surface area contributed by atoms with Gasteiger partial charge in [0, 0.05) is 30.0 Å². The van der Waals surface area contributed by atoms with E-state index in [-0.39, 0.29) is 18.1 Å². The monoisotopic (exact) mass is 330 g/mol. The smallest absolute Gasteiger partial charge is 0.272 e. The summed E-state index contributed by atoms with van der Waals surface area (Å²) in [6.45, 7) is 4.39. The highest BCUT2D eigenvalue weighted by Crippen LogP contribution is 2.37. The largest absolute Gasteiger partial charge is 0.369 e. The number of fused-ring (bicyclic) bond motifs is 1. The van der Waals surface area contributed by atoms with Crippen molar-refractivity contribution in [2.45, 2.75) is 64.2 Å². The molecular weight excluding hydrogens is 308 g/mol. The lowest BCUT2D eigenvalue weighted by Crippen LogP contribution is -2.28. The molecule has 1 fully saturated rings. The van der Waals surface area contributed by atoms with Crippen LogP contribution >= 0.6 is 0 Å². The van der Waals surface area contributed by atoms with Crippen molar-refractivity contribution in [3.63, 3.8) is 0 Å². The molecule has 7 heteroatoms. The summed E-state index contributed by atoms with van der Waals surface area (Å²) in [4.78, 5) is 12.6. The van der Waals surface area contributed by atoms with Crippen LogP contribution in [0.4, 0.5) is 0 Å². The van der Waals surface area contributed by atoms with Gasteiger partial charge in [0.2, 0.25) is 0 Å². The lowest BCUT2D eigenvalue weighted by atomic mass is 9.81. The second-order valence-corrected chi connectivity index (χ2v) is 6.79. The van der Waals surface area contributed by atoms with Crippen molar-refractivity contribution in [2.24, 2.45) is 0 Å². The van der Waals surface area contributed by atoms with Crippen molar-refractivity contribution >= 4 is 5.91 Å². The highest BCUT2D eigenvalue weighted by atomic mass is 16.5. The minimum Gasteiger partial charge on any atom is -0.369 e. The summed E-state index contributed by atoms with van der Waals surface area (Å²) in [5.74, 6) is 0.308. The zero-order valence-corrected chi connectivity index (χ0v) is 14.0. The minimum absolute atomic E-state index is 0.0684. The number of aromatic nitrogens is 3. The minimum atomic E-state index is -0.172. The molecule has 0 bridgehead atoms. The first kappa shape index (κ1) is 15.4. The van der Waals surface area contributed by atoms with Crippen molar-refractivity contribution in [1.82, 2.24) is 20.7 Å². The predicted octanol–water partition coefficient (Wildman–Crippen LogP) is 2.62. The molecule has 7 nitrogen and oxygen atoms in total. The summed E-state index contributed by atoms with van der Waals surface area (Å²) in [6, 6.07) is 0. The Morgan fingerprint density at radius 3 is 3.00 bits per heavy atom. The predicted molar refractivity (Wildman–Crippen MR) is 85.5 cm³/mol. The van der Waals surface area contributed by atoms with Crippen LogP contribution in [-0.4, -0.2) is 27.4 Å². The first-order valence-corrected chi connectivity index (χ1v) is 8.57. The van der Waals surface area contributed by atoms with Crippen molar-refractivity contribution in [2.75, 3.05) is 0 Å². The Labute approximate surface area is 140 Å². The molecule has 2 aromatic heterocycles. The number of carbonyl (C=O) groups excluding carboxylic acids is 1. The van der Waals surface area contributed by atoms with Crippen LogP contribution in [-0.2, 0) is 17.7 Å². The summed E-state index contributed by atoms with van der Waals surface area (Å²) in [7, 11) is 0. The van der Waals surface area contributed by atoms with Crippen LogP contribution in [0.1, 0.15) is 78.1 Å². The summed E-state index contributed by atoms with van der Waals surface area (Å²) in [6.07, 6.45) is 5.87. The fourth-order valence-corrected chi connectivity index (χ4v) is 3.54. The third kappa shape index (κ3) is 2.62. The number of nitrogens with one attached hydrogen (secondary N) is 2. The molecule has 2 aromatic rings. The number of hydrogen-bond donors (Lipinski definition) is 2. The molecule has 2 N–H and O–H groups in total. The Morgan fingerprint density at radius 2 is 2.25 bits per heavy atom.